The summed E-state index contributed by atoms with van der Waals surface area (Å²) in [4.78, 5) is 10.9. The molecule has 6 nitrogen and oxygen atoms in total. The van der Waals surface area contributed by atoms with Gasteiger partial charge < -0.3 is 15.4 Å². The van der Waals surface area contributed by atoms with E-state index >= 15 is 0 Å². The first-order valence-electron chi connectivity index (χ1n) is 6.36. The molecule has 0 aromatic carbocycles. The number of nitrogens with one attached hydrogen (secondary N) is 1. The van der Waals surface area contributed by atoms with E-state index in [9.17, 15) is 5.11 Å². The second kappa shape index (κ2) is 5.07. The van der Waals surface area contributed by atoms with Gasteiger partial charge in [-0.2, -0.15) is 0 Å². The predicted octanol–water partition coefficient (Wildman–Crippen LogP) is 0.676. The summed E-state index contributed by atoms with van der Waals surface area (Å²) >= 11 is 0. The summed E-state index contributed by atoms with van der Waals surface area (Å²) in [7, 11) is 0. The average Bonchev–Trinajstić information content (AvgIpc) is 2.70. The lowest BCUT2D eigenvalue weighted by Crippen LogP contribution is -2.30. The minimum Gasteiger partial charge on any atom is -0.388 e. The topological polar surface area (TPSA) is 87.3 Å². The molecular weight excluding hydrogens is 230 g/mol. The Morgan fingerprint density at radius 1 is 1.56 bits per heavy atom. The van der Waals surface area contributed by atoms with Crippen LogP contribution in [0.1, 0.15) is 32.5 Å². The first-order chi connectivity index (χ1) is 8.54. The van der Waals surface area contributed by atoms with E-state index in [1.165, 1.54) is 0 Å². The number of nitrogens with zero attached hydrogens (tertiary/aromatic N) is 3. The van der Waals surface area contributed by atoms with Gasteiger partial charge in [0.15, 0.2) is 0 Å². The SMILES string of the molecule is CCCc1nc(NN)cc(N2CCC(C)(O)C2)n1. The Hall–Kier alpha value is -1.40. The van der Waals surface area contributed by atoms with Gasteiger partial charge in [0, 0.05) is 25.6 Å². The fourth-order valence-electron chi connectivity index (χ4n) is 2.20. The molecule has 2 rings (SSSR count). The summed E-state index contributed by atoms with van der Waals surface area (Å²) in [6.45, 7) is 5.34. The quantitative estimate of drug-likeness (QED) is 0.539. The molecule has 1 aliphatic rings. The van der Waals surface area contributed by atoms with Crippen molar-refractivity contribution >= 4 is 11.6 Å². The number of hydrogen-bond donors (Lipinski definition) is 3. The van der Waals surface area contributed by atoms with Crippen LogP contribution in [0.5, 0.6) is 0 Å². The van der Waals surface area contributed by atoms with E-state index in [4.69, 9.17) is 5.84 Å². The number of anilines is 2. The van der Waals surface area contributed by atoms with Crippen molar-refractivity contribution in [1.29, 1.82) is 0 Å². The Kier molecular flexibility index (Phi) is 3.68. The summed E-state index contributed by atoms with van der Waals surface area (Å²) in [5.41, 5.74) is 1.94. The van der Waals surface area contributed by atoms with Crippen LogP contribution < -0.4 is 16.2 Å². The van der Waals surface area contributed by atoms with Gasteiger partial charge in [0.05, 0.1) is 5.60 Å². The number of nitrogens with two attached hydrogens (primary N) is 1. The fourth-order valence-corrected chi connectivity index (χ4v) is 2.20. The molecule has 1 atom stereocenters. The Bertz CT molecular complexity index is 421. The van der Waals surface area contributed by atoms with Crippen LogP contribution in [0.15, 0.2) is 6.07 Å². The monoisotopic (exact) mass is 251 g/mol. The first-order valence-corrected chi connectivity index (χ1v) is 6.36. The molecular formula is C12H21N5O. The van der Waals surface area contributed by atoms with Gasteiger partial charge in [-0.25, -0.2) is 15.8 Å². The van der Waals surface area contributed by atoms with Gasteiger partial charge in [-0.1, -0.05) is 6.92 Å². The lowest BCUT2D eigenvalue weighted by atomic mass is 10.1. The Morgan fingerprint density at radius 2 is 2.33 bits per heavy atom. The van der Waals surface area contributed by atoms with Gasteiger partial charge in [-0.05, 0) is 19.8 Å². The smallest absolute Gasteiger partial charge is 0.145 e. The van der Waals surface area contributed by atoms with Crippen molar-refractivity contribution in [3.63, 3.8) is 0 Å². The lowest BCUT2D eigenvalue weighted by Gasteiger charge is -2.20. The zero-order valence-corrected chi connectivity index (χ0v) is 11.0. The molecule has 1 saturated heterocycles. The number of aryl methyl sites for hydroxylation is 1. The highest BCUT2D eigenvalue weighted by Gasteiger charge is 2.32. The van der Waals surface area contributed by atoms with Crippen LogP contribution in [-0.2, 0) is 6.42 Å². The highest BCUT2D eigenvalue weighted by molar-refractivity contribution is 5.50. The van der Waals surface area contributed by atoms with Crippen molar-refractivity contribution in [1.82, 2.24) is 9.97 Å². The van der Waals surface area contributed by atoms with E-state index in [0.717, 1.165) is 37.4 Å². The van der Waals surface area contributed by atoms with Crippen molar-refractivity contribution < 1.29 is 5.11 Å². The Morgan fingerprint density at radius 3 is 2.89 bits per heavy atom. The second-order valence-corrected chi connectivity index (χ2v) is 5.09. The van der Waals surface area contributed by atoms with Crippen molar-refractivity contribution in [3.05, 3.63) is 11.9 Å². The third-order valence-electron chi connectivity index (χ3n) is 3.16. The molecule has 1 aromatic heterocycles. The predicted molar refractivity (Wildman–Crippen MR) is 71.3 cm³/mol. The molecule has 1 aromatic rings. The standard InChI is InChI=1S/C12H21N5O/c1-3-4-9-14-10(16-13)7-11(15-9)17-6-5-12(2,18)8-17/h7,18H,3-6,8,13H2,1-2H3,(H,14,15,16). The number of aliphatic hydroxyl groups is 1. The molecule has 0 saturated carbocycles. The maximum absolute atomic E-state index is 10.00. The fraction of sp³-hybridized carbons (Fsp3) is 0.667. The number of β-amino-alcohol motifs (C(OH)–C–C–N with tert-alkyl or cyclic N) is 1. The molecule has 1 unspecified atom stereocenters. The number of aromatic nitrogens is 2. The van der Waals surface area contributed by atoms with Crippen LogP contribution in [0.3, 0.4) is 0 Å². The molecule has 2 heterocycles. The second-order valence-electron chi connectivity index (χ2n) is 5.09. The minimum atomic E-state index is -0.633. The van der Waals surface area contributed by atoms with Gasteiger partial charge in [0.2, 0.25) is 0 Å². The zero-order chi connectivity index (χ0) is 13.2. The summed E-state index contributed by atoms with van der Waals surface area (Å²) in [5, 5.41) is 10.00. The molecule has 18 heavy (non-hydrogen) atoms. The summed E-state index contributed by atoms with van der Waals surface area (Å²) in [5.74, 6) is 7.67. The number of nitrogen functional groups attached to an aromatic ring is 1. The molecule has 0 bridgehead atoms. The average molecular weight is 251 g/mol. The third kappa shape index (κ3) is 2.88. The molecule has 0 amide bonds. The van der Waals surface area contributed by atoms with Gasteiger partial charge in [-0.15, -0.1) is 0 Å². The zero-order valence-electron chi connectivity index (χ0n) is 11.0. The van der Waals surface area contributed by atoms with Crippen LogP contribution in [0.2, 0.25) is 0 Å². The van der Waals surface area contributed by atoms with Gasteiger partial charge in [0.1, 0.15) is 17.5 Å². The van der Waals surface area contributed by atoms with Crippen LogP contribution in [0, 0.1) is 0 Å². The van der Waals surface area contributed by atoms with Crippen molar-refractivity contribution in [3.8, 4) is 0 Å². The van der Waals surface area contributed by atoms with E-state index in [2.05, 4.69) is 27.2 Å². The van der Waals surface area contributed by atoms with E-state index in [0.29, 0.717) is 12.4 Å². The molecule has 1 aliphatic heterocycles. The van der Waals surface area contributed by atoms with Crippen molar-refractivity contribution in [2.45, 2.75) is 38.7 Å². The molecule has 1 fully saturated rings. The van der Waals surface area contributed by atoms with E-state index in [-0.39, 0.29) is 0 Å². The lowest BCUT2D eigenvalue weighted by molar-refractivity contribution is 0.0839. The highest BCUT2D eigenvalue weighted by Crippen LogP contribution is 2.26. The van der Waals surface area contributed by atoms with Crippen molar-refractivity contribution in [2.75, 3.05) is 23.4 Å². The number of hydrazine groups is 1. The number of hydrogen-bond acceptors (Lipinski definition) is 6. The number of rotatable bonds is 4. The van der Waals surface area contributed by atoms with Gasteiger partial charge in [-0.3, -0.25) is 0 Å². The molecule has 100 valence electrons. The van der Waals surface area contributed by atoms with E-state index < -0.39 is 5.60 Å². The largest absolute Gasteiger partial charge is 0.388 e. The van der Waals surface area contributed by atoms with E-state index in [1.807, 2.05) is 13.0 Å². The maximum Gasteiger partial charge on any atom is 0.145 e. The van der Waals surface area contributed by atoms with Crippen LogP contribution in [0.4, 0.5) is 11.6 Å². The summed E-state index contributed by atoms with van der Waals surface area (Å²) in [6.07, 6.45) is 2.57. The van der Waals surface area contributed by atoms with E-state index in [1.54, 1.807) is 0 Å². The van der Waals surface area contributed by atoms with Crippen molar-refractivity contribution in [2.24, 2.45) is 5.84 Å². The Labute approximate surface area is 107 Å². The molecule has 0 spiro atoms. The molecule has 4 N–H and O–H groups in total. The summed E-state index contributed by atoms with van der Waals surface area (Å²) in [6, 6.07) is 1.82. The molecule has 6 heteroatoms. The van der Waals surface area contributed by atoms with Crippen LogP contribution in [0.25, 0.3) is 0 Å². The molecule has 0 aliphatic carbocycles. The summed E-state index contributed by atoms with van der Waals surface area (Å²) < 4.78 is 0. The molecule has 0 radical (unpaired) electrons. The highest BCUT2D eigenvalue weighted by atomic mass is 16.3. The Balaban J connectivity index is 2.24. The van der Waals surface area contributed by atoms with Gasteiger partial charge in [0.25, 0.3) is 0 Å². The minimum absolute atomic E-state index is 0.597. The third-order valence-corrected chi connectivity index (χ3v) is 3.16. The van der Waals surface area contributed by atoms with Crippen LogP contribution in [-0.4, -0.2) is 33.8 Å². The first kappa shape index (κ1) is 13.0. The van der Waals surface area contributed by atoms with Gasteiger partial charge >= 0.3 is 0 Å². The normalized spacial score (nSPS) is 23.4. The maximum atomic E-state index is 10.00. The van der Waals surface area contributed by atoms with Crippen LogP contribution >= 0.6 is 0 Å².